The molecule has 5 aromatic carbocycles. The predicted molar refractivity (Wildman–Crippen MR) is 206 cm³/mol. The molecule has 1 aliphatic rings. The van der Waals surface area contributed by atoms with Gasteiger partial charge in [-0.3, -0.25) is 0 Å². The normalized spacial score (nSPS) is 15.5. The Hall–Kier alpha value is -4.44. The minimum absolute atomic E-state index is 0.444. The number of hydrogen-bond acceptors (Lipinski definition) is 6. The van der Waals surface area contributed by atoms with Gasteiger partial charge in [-0.15, -0.1) is 0 Å². The lowest BCUT2D eigenvalue weighted by Crippen LogP contribution is -2.48. The van der Waals surface area contributed by atoms with Crippen molar-refractivity contribution in [2.45, 2.75) is 11.7 Å². The van der Waals surface area contributed by atoms with Gasteiger partial charge in [0.25, 0.3) is 0 Å². The fourth-order valence-corrected chi connectivity index (χ4v) is 11.9. The van der Waals surface area contributed by atoms with Crippen molar-refractivity contribution in [1.82, 2.24) is 0 Å². The number of ether oxygens (including phenoxy) is 6. The molecule has 256 valence electrons. The fourth-order valence-electron chi connectivity index (χ4n) is 6.73. The predicted octanol–water partition coefficient (Wildman–Crippen LogP) is 7.07. The summed E-state index contributed by atoms with van der Waals surface area (Å²) in [7, 11) is 7.68. The number of methoxy groups -OCH3 is 6. The van der Waals surface area contributed by atoms with Crippen LogP contribution in [0.2, 0.25) is 0 Å². The molecule has 8 heteroatoms. The molecule has 0 amide bonds. The molecular formula is C42H42O6P2. The molecule has 0 fully saturated rings. The van der Waals surface area contributed by atoms with Gasteiger partial charge in [-0.05, 0) is 71.5 Å². The van der Waals surface area contributed by atoms with Crippen LogP contribution in [0, 0.1) is 0 Å². The van der Waals surface area contributed by atoms with Crippen molar-refractivity contribution < 1.29 is 28.4 Å². The van der Waals surface area contributed by atoms with Crippen molar-refractivity contribution in [3.63, 3.8) is 0 Å². The maximum Gasteiger partial charge on any atom is 0.242 e. The summed E-state index contributed by atoms with van der Waals surface area (Å²) in [5.74, 6) is 0.284. The highest BCUT2D eigenvalue weighted by Gasteiger charge is 2.54. The summed E-state index contributed by atoms with van der Waals surface area (Å²) in [5.41, 5.74) is 0.973. The Morgan fingerprint density at radius 2 is 0.900 bits per heavy atom. The maximum atomic E-state index is 6.58. The number of benzene rings is 5. The largest absolute Gasteiger partial charge is 0.493 e. The Kier molecular flexibility index (Phi) is 11.4. The van der Waals surface area contributed by atoms with E-state index in [9.17, 15) is 0 Å². The Labute approximate surface area is 297 Å². The third kappa shape index (κ3) is 6.57. The first-order chi connectivity index (χ1) is 24.5. The van der Waals surface area contributed by atoms with Crippen LogP contribution in [0.4, 0.5) is 0 Å². The zero-order chi connectivity index (χ0) is 35.1. The van der Waals surface area contributed by atoms with Crippen molar-refractivity contribution in [2.24, 2.45) is 0 Å². The standard InChI is InChI=1S/C42H42O6P2/c1-43-35-27-34(38(28-36(35)44-2)49(30-19-11-7-12-20-30)31-21-13-8-14-22-31)40-39(29-37(45-3)41(46-4)42(40,47-5)48-6)50(32-23-15-9-16-24-32)33-25-17-10-18-26-33/h7-29,40H,1-6H3/t40-/m1/s1. The van der Waals surface area contributed by atoms with Gasteiger partial charge < -0.3 is 28.4 Å². The Morgan fingerprint density at radius 1 is 0.480 bits per heavy atom. The van der Waals surface area contributed by atoms with Crippen molar-refractivity contribution in [3.05, 3.63) is 162 Å². The van der Waals surface area contributed by atoms with E-state index >= 15 is 0 Å². The van der Waals surface area contributed by atoms with Gasteiger partial charge in [0, 0.05) is 14.2 Å². The van der Waals surface area contributed by atoms with Gasteiger partial charge in [-0.1, -0.05) is 121 Å². The van der Waals surface area contributed by atoms with Crippen LogP contribution in [-0.2, 0) is 18.9 Å². The molecular weight excluding hydrogens is 662 g/mol. The first-order valence-corrected chi connectivity index (χ1v) is 18.9. The molecule has 6 nitrogen and oxygen atoms in total. The summed E-state index contributed by atoms with van der Waals surface area (Å²) in [6.07, 6.45) is 2.12. The molecule has 0 aromatic heterocycles. The van der Waals surface area contributed by atoms with E-state index in [1.807, 2.05) is 12.1 Å². The second-order valence-corrected chi connectivity index (χ2v) is 15.9. The SMILES string of the molecule is COC1=C(OC)C(OC)(OC)[C@H](c2cc(OC)c(OC)cc2P(c2ccccc2)c2ccccc2)C(P(c2ccccc2)c2ccccc2)=C1. The number of rotatable bonds is 13. The summed E-state index contributed by atoms with van der Waals surface area (Å²) in [5, 5.41) is 6.89. The lowest BCUT2D eigenvalue weighted by atomic mass is 9.84. The molecule has 0 saturated carbocycles. The topological polar surface area (TPSA) is 55.4 Å². The van der Waals surface area contributed by atoms with Crippen molar-refractivity contribution in [2.75, 3.05) is 42.7 Å². The molecule has 0 bridgehead atoms. The van der Waals surface area contributed by atoms with Crippen LogP contribution in [0.15, 0.2) is 156 Å². The molecule has 0 aliphatic heterocycles. The van der Waals surface area contributed by atoms with E-state index in [4.69, 9.17) is 28.4 Å². The number of hydrogen-bond donors (Lipinski definition) is 0. The van der Waals surface area contributed by atoms with Crippen molar-refractivity contribution in [1.29, 1.82) is 0 Å². The average Bonchev–Trinajstić information content (AvgIpc) is 3.19. The van der Waals surface area contributed by atoms with Gasteiger partial charge in [-0.2, -0.15) is 0 Å². The quantitative estimate of drug-likeness (QED) is 0.0967. The van der Waals surface area contributed by atoms with E-state index in [1.165, 1.54) is 21.2 Å². The Morgan fingerprint density at radius 3 is 1.28 bits per heavy atom. The summed E-state index contributed by atoms with van der Waals surface area (Å²) >= 11 is 0. The van der Waals surface area contributed by atoms with Gasteiger partial charge in [0.2, 0.25) is 5.79 Å². The highest BCUT2D eigenvalue weighted by molar-refractivity contribution is 7.80. The smallest absolute Gasteiger partial charge is 0.242 e. The zero-order valence-corrected chi connectivity index (χ0v) is 31.0. The van der Waals surface area contributed by atoms with Gasteiger partial charge >= 0.3 is 0 Å². The summed E-state index contributed by atoms with van der Waals surface area (Å²) in [6, 6.07) is 46.7. The third-order valence-electron chi connectivity index (χ3n) is 8.93. The minimum Gasteiger partial charge on any atom is -0.493 e. The molecule has 50 heavy (non-hydrogen) atoms. The Bertz CT molecular complexity index is 1850. The van der Waals surface area contributed by atoms with Gasteiger partial charge in [-0.25, -0.2) is 0 Å². The van der Waals surface area contributed by atoms with Gasteiger partial charge in [0.05, 0.1) is 34.4 Å². The molecule has 1 atom stereocenters. The van der Waals surface area contributed by atoms with Crippen LogP contribution in [0.5, 0.6) is 11.5 Å². The van der Waals surface area contributed by atoms with Crippen LogP contribution in [0.1, 0.15) is 11.5 Å². The zero-order valence-electron chi connectivity index (χ0n) is 29.2. The monoisotopic (exact) mass is 704 g/mol. The van der Waals surface area contributed by atoms with Gasteiger partial charge in [0.1, 0.15) is 0 Å². The molecule has 0 radical (unpaired) electrons. The summed E-state index contributed by atoms with van der Waals surface area (Å²) < 4.78 is 37.4. The molecule has 6 rings (SSSR count). The molecule has 1 aliphatic carbocycles. The van der Waals surface area contributed by atoms with Crippen molar-refractivity contribution >= 4 is 42.4 Å². The first-order valence-electron chi connectivity index (χ1n) is 16.3. The second-order valence-electron chi connectivity index (χ2n) is 11.5. The van der Waals surface area contributed by atoms with E-state index in [2.05, 4.69) is 127 Å². The average molecular weight is 705 g/mol. The van der Waals surface area contributed by atoms with Crippen LogP contribution in [0.3, 0.4) is 0 Å². The molecule has 0 saturated heterocycles. The lowest BCUT2D eigenvalue weighted by Gasteiger charge is -2.45. The lowest BCUT2D eigenvalue weighted by molar-refractivity contribution is -0.212. The third-order valence-corrected chi connectivity index (χ3v) is 14.0. The molecule has 0 unspecified atom stereocenters. The van der Waals surface area contributed by atoms with Crippen LogP contribution < -0.4 is 36.0 Å². The second kappa shape index (κ2) is 16.1. The van der Waals surface area contributed by atoms with E-state index in [1.54, 1.807) is 42.7 Å². The molecule has 5 aromatic rings. The highest BCUT2D eigenvalue weighted by atomic mass is 31.1. The van der Waals surface area contributed by atoms with E-state index < -0.39 is 27.5 Å². The van der Waals surface area contributed by atoms with Crippen LogP contribution in [0.25, 0.3) is 0 Å². The highest BCUT2D eigenvalue weighted by Crippen LogP contribution is 2.60. The summed E-state index contributed by atoms with van der Waals surface area (Å²) in [4.78, 5) is 0. The Balaban J connectivity index is 1.76. The number of allylic oxidation sites excluding steroid dienone is 1. The van der Waals surface area contributed by atoms with Crippen LogP contribution >= 0.6 is 15.8 Å². The van der Waals surface area contributed by atoms with Gasteiger partial charge in [0.15, 0.2) is 23.0 Å². The maximum absolute atomic E-state index is 6.58. The van der Waals surface area contributed by atoms with E-state index in [0.717, 1.165) is 16.2 Å². The van der Waals surface area contributed by atoms with E-state index in [0.29, 0.717) is 23.0 Å². The van der Waals surface area contributed by atoms with Crippen molar-refractivity contribution in [3.8, 4) is 11.5 Å². The minimum atomic E-state index is -1.42. The van der Waals surface area contributed by atoms with Crippen LogP contribution in [-0.4, -0.2) is 48.4 Å². The van der Waals surface area contributed by atoms with E-state index in [-0.39, 0.29) is 0 Å². The molecule has 0 spiro atoms. The molecule has 0 N–H and O–H groups in total. The molecule has 0 heterocycles. The summed E-state index contributed by atoms with van der Waals surface area (Å²) in [6.45, 7) is 0. The fraction of sp³-hybridized carbons (Fsp3) is 0.190. The first kappa shape index (κ1) is 35.4.